The first-order valence-electron chi connectivity index (χ1n) is 11.7. The second kappa shape index (κ2) is 20.1. The lowest BCUT2D eigenvalue weighted by Gasteiger charge is -2.27. The number of carbonyl (C=O) groups excluding carboxylic acids is 2. The fraction of sp³-hybridized carbons (Fsp3) is 0.667. The molecule has 0 heterocycles. The average molecular weight is 442 g/mol. The minimum absolute atomic E-state index is 0.0779. The minimum atomic E-state index is -1.78. The Bertz CT molecular complexity index is 563. The highest BCUT2D eigenvalue weighted by atomic mass is 16.6. The summed E-state index contributed by atoms with van der Waals surface area (Å²) in [7, 11) is 0. The fourth-order valence-corrected chi connectivity index (χ4v) is 2.80. The summed E-state index contributed by atoms with van der Waals surface area (Å²) < 4.78 is 12.0. The van der Waals surface area contributed by atoms with Crippen LogP contribution in [0.5, 0.6) is 0 Å². The van der Waals surface area contributed by atoms with E-state index in [1.807, 2.05) is 6.08 Å². The lowest BCUT2D eigenvalue weighted by molar-refractivity contribution is -0.174. The van der Waals surface area contributed by atoms with Gasteiger partial charge in [0.15, 0.2) is 12.4 Å². The van der Waals surface area contributed by atoms with Gasteiger partial charge in [0.2, 0.25) is 0 Å². The van der Waals surface area contributed by atoms with Crippen molar-refractivity contribution in [1.29, 1.82) is 0 Å². The molecule has 0 aliphatic carbocycles. The SMILES string of the molecule is [2H]CC/C=C\C/C=C\C/C=C\CCCCCCCC(=O)O[C@@H]([C@H](O)[C@H](O)CO)[C@H](O)C=O. The first-order valence-corrected chi connectivity index (χ1v) is 11.0. The molecule has 178 valence electrons. The first-order chi connectivity index (χ1) is 15.5. The van der Waals surface area contributed by atoms with Crippen molar-refractivity contribution in [1.82, 2.24) is 0 Å². The Morgan fingerprint density at radius 2 is 1.55 bits per heavy atom. The van der Waals surface area contributed by atoms with Crippen LogP contribution < -0.4 is 0 Å². The summed E-state index contributed by atoms with van der Waals surface area (Å²) in [5.41, 5.74) is 0. The van der Waals surface area contributed by atoms with Crippen molar-refractivity contribution in [3.8, 4) is 0 Å². The Balaban J connectivity index is 3.85. The van der Waals surface area contributed by atoms with Crippen LogP contribution in [0.4, 0.5) is 0 Å². The quantitative estimate of drug-likeness (QED) is 0.105. The van der Waals surface area contributed by atoms with E-state index in [4.69, 9.17) is 11.2 Å². The monoisotopic (exact) mass is 441 g/mol. The van der Waals surface area contributed by atoms with E-state index in [0.717, 1.165) is 51.4 Å². The Hall–Kier alpha value is -1.80. The molecule has 0 rings (SSSR count). The number of aldehydes is 1. The second-order valence-corrected chi connectivity index (χ2v) is 7.30. The van der Waals surface area contributed by atoms with Crippen LogP contribution in [0, 0.1) is 0 Å². The fourth-order valence-electron chi connectivity index (χ4n) is 2.80. The minimum Gasteiger partial charge on any atom is -0.456 e. The van der Waals surface area contributed by atoms with E-state index in [2.05, 4.69) is 30.4 Å². The van der Waals surface area contributed by atoms with Crippen molar-refractivity contribution in [3.05, 3.63) is 36.5 Å². The number of hydrogen-bond donors (Lipinski definition) is 4. The molecule has 0 spiro atoms. The molecule has 0 aromatic heterocycles. The van der Waals surface area contributed by atoms with Gasteiger partial charge in [0.05, 0.1) is 6.61 Å². The molecule has 0 amide bonds. The second-order valence-electron chi connectivity index (χ2n) is 7.30. The van der Waals surface area contributed by atoms with E-state index in [-0.39, 0.29) is 12.7 Å². The Morgan fingerprint density at radius 1 is 0.935 bits per heavy atom. The zero-order valence-corrected chi connectivity index (χ0v) is 18.3. The Morgan fingerprint density at radius 3 is 2.19 bits per heavy atom. The molecule has 0 unspecified atom stereocenters. The van der Waals surface area contributed by atoms with E-state index in [1.165, 1.54) is 0 Å². The third kappa shape index (κ3) is 15.6. The highest BCUT2D eigenvalue weighted by Gasteiger charge is 2.34. The van der Waals surface area contributed by atoms with Gasteiger partial charge in [-0.1, -0.05) is 62.6 Å². The van der Waals surface area contributed by atoms with Crippen molar-refractivity contribution >= 4 is 12.3 Å². The zero-order chi connectivity index (χ0) is 24.0. The summed E-state index contributed by atoms with van der Waals surface area (Å²) in [6.45, 7) is -0.357. The summed E-state index contributed by atoms with van der Waals surface area (Å²) in [6.07, 6.45) is 14.2. The number of carbonyl (C=O) groups is 2. The summed E-state index contributed by atoms with van der Waals surface area (Å²) in [4.78, 5) is 22.7. The Labute approximate surface area is 187 Å². The molecule has 0 aromatic carbocycles. The van der Waals surface area contributed by atoms with Crippen molar-refractivity contribution in [2.75, 3.05) is 6.61 Å². The molecule has 0 saturated carbocycles. The molecule has 0 bridgehead atoms. The van der Waals surface area contributed by atoms with Crippen molar-refractivity contribution in [3.63, 3.8) is 0 Å². The number of unbranched alkanes of at least 4 members (excludes halogenated alkanes) is 5. The van der Waals surface area contributed by atoms with E-state index < -0.39 is 37.0 Å². The standard InChI is InChI=1S/C24H40O7/c1-2-3-4-5-6-7-8-9-10-11-12-13-14-15-16-17-22(29)31-24(21(28)19-26)23(30)20(27)18-25/h3-4,6-7,9-10,19-21,23-25,27-28,30H,2,5,8,11-18H2,1H3/b4-3-,7-6-,10-9-/t20-,21-,23-,24-/m1/s1/i1D. The van der Waals surface area contributed by atoms with Crippen LogP contribution in [0.25, 0.3) is 0 Å². The van der Waals surface area contributed by atoms with Crippen LogP contribution in [0.3, 0.4) is 0 Å². The molecule has 0 aliphatic heterocycles. The van der Waals surface area contributed by atoms with Gasteiger partial charge in [0.25, 0.3) is 0 Å². The topological polar surface area (TPSA) is 124 Å². The van der Waals surface area contributed by atoms with Crippen molar-refractivity contribution < 1.29 is 36.1 Å². The number of rotatable bonds is 19. The van der Waals surface area contributed by atoms with Gasteiger partial charge in [0, 0.05) is 7.79 Å². The molecule has 0 aliphatic rings. The van der Waals surface area contributed by atoms with Crippen LogP contribution in [0.2, 0.25) is 0 Å². The molecule has 7 nitrogen and oxygen atoms in total. The summed E-state index contributed by atoms with van der Waals surface area (Å²) in [5.74, 6) is -0.678. The molecule has 0 fully saturated rings. The van der Waals surface area contributed by atoms with Crippen LogP contribution in [-0.2, 0) is 14.3 Å². The number of esters is 1. The zero-order valence-electron chi connectivity index (χ0n) is 19.3. The van der Waals surface area contributed by atoms with E-state index in [0.29, 0.717) is 13.3 Å². The number of aliphatic hydroxyl groups excluding tert-OH is 4. The molecular formula is C24H40O7. The summed E-state index contributed by atoms with van der Waals surface area (Å²) in [6, 6.07) is 0. The van der Waals surface area contributed by atoms with Gasteiger partial charge in [0.1, 0.15) is 18.3 Å². The van der Waals surface area contributed by atoms with Gasteiger partial charge >= 0.3 is 5.97 Å². The van der Waals surface area contributed by atoms with Gasteiger partial charge in [-0.3, -0.25) is 4.79 Å². The van der Waals surface area contributed by atoms with E-state index in [9.17, 15) is 24.9 Å². The van der Waals surface area contributed by atoms with Gasteiger partial charge in [-0.15, -0.1) is 0 Å². The maximum absolute atomic E-state index is 11.9. The maximum atomic E-state index is 11.9. The van der Waals surface area contributed by atoms with Gasteiger partial charge < -0.3 is 30.0 Å². The first kappa shape index (κ1) is 27.2. The number of hydrogen-bond acceptors (Lipinski definition) is 7. The molecule has 7 heteroatoms. The van der Waals surface area contributed by atoms with Crippen molar-refractivity contribution in [2.24, 2.45) is 0 Å². The lowest BCUT2D eigenvalue weighted by atomic mass is 10.0. The predicted octanol–water partition coefficient (Wildman–Crippen LogP) is 2.76. The lowest BCUT2D eigenvalue weighted by Crippen LogP contribution is -2.48. The molecule has 0 aromatic rings. The highest BCUT2D eigenvalue weighted by Crippen LogP contribution is 2.13. The number of allylic oxidation sites excluding steroid dienone is 6. The van der Waals surface area contributed by atoms with E-state index in [1.54, 1.807) is 0 Å². The predicted molar refractivity (Wildman–Crippen MR) is 120 cm³/mol. The third-order valence-electron chi connectivity index (χ3n) is 4.62. The molecule has 0 saturated heterocycles. The maximum Gasteiger partial charge on any atom is 0.306 e. The highest BCUT2D eigenvalue weighted by molar-refractivity contribution is 5.70. The molecule has 4 N–H and O–H groups in total. The molecular weight excluding hydrogens is 400 g/mol. The normalized spacial score (nSPS) is 16.5. The molecule has 4 atom stereocenters. The van der Waals surface area contributed by atoms with E-state index >= 15 is 0 Å². The van der Waals surface area contributed by atoms with Crippen LogP contribution in [0.15, 0.2) is 36.5 Å². The number of aliphatic hydroxyl groups is 4. The Kier molecular flexibility index (Phi) is 17.7. The van der Waals surface area contributed by atoms with Crippen LogP contribution in [0.1, 0.15) is 72.5 Å². The van der Waals surface area contributed by atoms with Crippen LogP contribution in [-0.4, -0.2) is 63.7 Å². The summed E-state index contributed by atoms with van der Waals surface area (Å²) in [5, 5.41) is 37.7. The smallest absolute Gasteiger partial charge is 0.306 e. The third-order valence-corrected chi connectivity index (χ3v) is 4.62. The number of ether oxygens (including phenoxy) is 1. The van der Waals surface area contributed by atoms with Gasteiger partial charge in [-0.2, -0.15) is 0 Å². The average Bonchev–Trinajstić information content (AvgIpc) is 2.80. The molecule has 0 radical (unpaired) electrons. The summed E-state index contributed by atoms with van der Waals surface area (Å²) >= 11 is 0. The van der Waals surface area contributed by atoms with Crippen molar-refractivity contribution in [2.45, 2.75) is 95.5 Å². The largest absolute Gasteiger partial charge is 0.456 e. The van der Waals surface area contributed by atoms with Gasteiger partial charge in [-0.05, 0) is 38.5 Å². The van der Waals surface area contributed by atoms with Crippen LogP contribution >= 0.6 is 0 Å². The molecule has 31 heavy (non-hydrogen) atoms. The van der Waals surface area contributed by atoms with Gasteiger partial charge in [-0.25, -0.2) is 0 Å².